The van der Waals surface area contributed by atoms with Gasteiger partial charge in [-0.2, -0.15) is 0 Å². The predicted molar refractivity (Wildman–Crippen MR) is 91.5 cm³/mol. The van der Waals surface area contributed by atoms with Gasteiger partial charge in [-0.05, 0) is 30.2 Å². The number of rotatable bonds is 6. The molecule has 0 radical (unpaired) electrons. The Kier molecular flexibility index (Phi) is 5.18. The van der Waals surface area contributed by atoms with Crippen molar-refractivity contribution in [3.05, 3.63) is 59.7 Å². The minimum absolute atomic E-state index is 0.156. The van der Waals surface area contributed by atoms with E-state index in [1.165, 1.54) is 11.1 Å². The molecule has 24 heavy (non-hydrogen) atoms. The van der Waals surface area contributed by atoms with Crippen molar-refractivity contribution in [3.8, 4) is 5.75 Å². The van der Waals surface area contributed by atoms with E-state index in [0.717, 1.165) is 0 Å². The van der Waals surface area contributed by atoms with E-state index in [9.17, 15) is 8.42 Å². The molecule has 1 heterocycles. The molecule has 128 valence electrons. The lowest BCUT2D eigenvalue weighted by Gasteiger charge is -2.25. The lowest BCUT2D eigenvalue weighted by Crippen LogP contribution is -2.36. The first kappa shape index (κ1) is 17.0. The Balaban J connectivity index is 1.68. The zero-order chi connectivity index (χ0) is 17.0. The van der Waals surface area contributed by atoms with Gasteiger partial charge in [0.05, 0.1) is 19.3 Å². The average molecular weight is 347 g/mol. The molecule has 6 heteroatoms. The second kappa shape index (κ2) is 7.34. The van der Waals surface area contributed by atoms with Gasteiger partial charge in [-0.3, -0.25) is 0 Å². The standard InChI is InChI=1S/C18H21NO4S/c1-2-22-17-9-5-6-10-18(17)24(20,21)19-12-16-11-14-7-3-4-8-15(14)13-23-16/h3-10,16,19H,2,11-13H2,1H3/t16-/m0/s1. The Morgan fingerprint density at radius 1 is 1.12 bits per heavy atom. The molecule has 0 spiro atoms. The Morgan fingerprint density at radius 2 is 1.83 bits per heavy atom. The minimum atomic E-state index is -3.64. The van der Waals surface area contributed by atoms with Crippen LogP contribution in [0, 0.1) is 0 Å². The van der Waals surface area contributed by atoms with E-state index in [1.54, 1.807) is 24.3 Å². The quantitative estimate of drug-likeness (QED) is 0.872. The normalized spacial score (nSPS) is 17.3. The van der Waals surface area contributed by atoms with Crippen LogP contribution in [0.4, 0.5) is 0 Å². The molecular formula is C18H21NO4S. The van der Waals surface area contributed by atoms with E-state index in [-0.39, 0.29) is 17.5 Å². The molecule has 0 saturated carbocycles. The fourth-order valence-corrected chi connectivity index (χ4v) is 3.98. The van der Waals surface area contributed by atoms with Crippen molar-refractivity contribution in [1.29, 1.82) is 0 Å². The second-order valence-electron chi connectivity index (χ2n) is 5.64. The van der Waals surface area contributed by atoms with Crippen LogP contribution in [0.3, 0.4) is 0 Å². The van der Waals surface area contributed by atoms with Crippen molar-refractivity contribution < 1.29 is 17.9 Å². The monoisotopic (exact) mass is 347 g/mol. The predicted octanol–water partition coefficient (Wildman–Crippen LogP) is 2.51. The van der Waals surface area contributed by atoms with Gasteiger partial charge in [-0.1, -0.05) is 36.4 Å². The van der Waals surface area contributed by atoms with Crippen molar-refractivity contribution >= 4 is 10.0 Å². The van der Waals surface area contributed by atoms with Crippen LogP contribution < -0.4 is 9.46 Å². The SMILES string of the molecule is CCOc1ccccc1S(=O)(=O)NC[C@@H]1Cc2ccccc2CO1. The lowest BCUT2D eigenvalue weighted by atomic mass is 9.99. The largest absolute Gasteiger partial charge is 0.492 e. The number of hydrogen-bond donors (Lipinski definition) is 1. The van der Waals surface area contributed by atoms with Gasteiger partial charge in [0.15, 0.2) is 0 Å². The number of sulfonamides is 1. The van der Waals surface area contributed by atoms with E-state index in [0.29, 0.717) is 25.4 Å². The molecule has 0 aromatic heterocycles. The molecule has 0 aliphatic carbocycles. The Hall–Kier alpha value is -1.89. The Bertz CT molecular complexity index is 804. The summed E-state index contributed by atoms with van der Waals surface area (Å²) in [5.41, 5.74) is 2.38. The highest BCUT2D eigenvalue weighted by Gasteiger charge is 2.23. The number of fused-ring (bicyclic) bond motifs is 1. The summed E-state index contributed by atoms with van der Waals surface area (Å²) in [6.45, 7) is 2.98. The third-order valence-corrected chi connectivity index (χ3v) is 5.44. The molecule has 0 saturated heterocycles. The molecule has 1 atom stereocenters. The summed E-state index contributed by atoms with van der Waals surface area (Å²) < 4.78 is 38.9. The van der Waals surface area contributed by atoms with Gasteiger partial charge in [0.1, 0.15) is 10.6 Å². The summed E-state index contributed by atoms with van der Waals surface area (Å²) in [5.74, 6) is 0.363. The maximum Gasteiger partial charge on any atom is 0.244 e. The zero-order valence-corrected chi connectivity index (χ0v) is 14.4. The molecule has 1 aliphatic rings. The highest BCUT2D eigenvalue weighted by molar-refractivity contribution is 7.89. The molecule has 2 aromatic rings. The van der Waals surface area contributed by atoms with Crippen LogP contribution in [-0.2, 0) is 27.8 Å². The molecule has 1 aliphatic heterocycles. The molecule has 0 unspecified atom stereocenters. The van der Waals surface area contributed by atoms with Gasteiger partial charge >= 0.3 is 0 Å². The van der Waals surface area contributed by atoms with Crippen LogP contribution in [0.15, 0.2) is 53.4 Å². The summed E-state index contributed by atoms with van der Waals surface area (Å²) in [5, 5.41) is 0. The summed E-state index contributed by atoms with van der Waals surface area (Å²) in [6.07, 6.45) is 0.528. The summed E-state index contributed by atoms with van der Waals surface area (Å²) in [6, 6.07) is 14.7. The molecule has 3 rings (SSSR count). The van der Waals surface area contributed by atoms with E-state index >= 15 is 0 Å². The van der Waals surface area contributed by atoms with Crippen molar-refractivity contribution in [2.45, 2.75) is 31.0 Å². The molecule has 0 bridgehead atoms. The summed E-state index contributed by atoms with van der Waals surface area (Å²) >= 11 is 0. The van der Waals surface area contributed by atoms with Gasteiger partial charge in [-0.15, -0.1) is 0 Å². The molecule has 5 nitrogen and oxygen atoms in total. The van der Waals surface area contributed by atoms with Gasteiger partial charge in [0.25, 0.3) is 0 Å². The third-order valence-electron chi connectivity index (χ3n) is 3.98. The Morgan fingerprint density at radius 3 is 2.62 bits per heavy atom. The van der Waals surface area contributed by atoms with Crippen LogP contribution >= 0.6 is 0 Å². The lowest BCUT2D eigenvalue weighted by molar-refractivity contribution is 0.0322. The van der Waals surface area contributed by atoms with E-state index in [1.807, 2.05) is 25.1 Å². The van der Waals surface area contributed by atoms with E-state index in [2.05, 4.69) is 10.8 Å². The number of nitrogens with one attached hydrogen (secondary N) is 1. The maximum absolute atomic E-state index is 12.6. The van der Waals surface area contributed by atoms with E-state index in [4.69, 9.17) is 9.47 Å². The van der Waals surface area contributed by atoms with Crippen LogP contribution in [-0.4, -0.2) is 27.7 Å². The number of hydrogen-bond acceptors (Lipinski definition) is 4. The Labute approximate surface area is 142 Å². The van der Waals surface area contributed by atoms with Crippen molar-refractivity contribution in [2.24, 2.45) is 0 Å². The molecule has 2 aromatic carbocycles. The van der Waals surface area contributed by atoms with Gasteiger partial charge < -0.3 is 9.47 Å². The zero-order valence-electron chi connectivity index (χ0n) is 13.6. The topological polar surface area (TPSA) is 64.6 Å². The average Bonchev–Trinajstić information content (AvgIpc) is 2.60. The highest BCUT2D eigenvalue weighted by Crippen LogP contribution is 2.24. The van der Waals surface area contributed by atoms with Gasteiger partial charge in [-0.25, -0.2) is 13.1 Å². The van der Waals surface area contributed by atoms with Crippen LogP contribution in [0.1, 0.15) is 18.1 Å². The number of benzene rings is 2. The first-order chi connectivity index (χ1) is 11.6. The van der Waals surface area contributed by atoms with E-state index < -0.39 is 10.0 Å². The van der Waals surface area contributed by atoms with Crippen LogP contribution in [0.25, 0.3) is 0 Å². The van der Waals surface area contributed by atoms with Crippen molar-refractivity contribution in [2.75, 3.05) is 13.2 Å². The molecule has 0 amide bonds. The first-order valence-electron chi connectivity index (χ1n) is 8.00. The first-order valence-corrected chi connectivity index (χ1v) is 9.48. The van der Waals surface area contributed by atoms with Crippen LogP contribution in [0.2, 0.25) is 0 Å². The molecule has 1 N–H and O–H groups in total. The molecular weight excluding hydrogens is 326 g/mol. The number of para-hydroxylation sites is 1. The molecule has 0 fully saturated rings. The maximum atomic E-state index is 12.6. The fourth-order valence-electron chi connectivity index (χ4n) is 2.77. The smallest absolute Gasteiger partial charge is 0.244 e. The third kappa shape index (κ3) is 3.77. The fraction of sp³-hybridized carbons (Fsp3) is 0.333. The number of ether oxygens (including phenoxy) is 2. The van der Waals surface area contributed by atoms with Crippen molar-refractivity contribution in [3.63, 3.8) is 0 Å². The minimum Gasteiger partial charge on any atom is -0.492 e. The second-order valence-corrected chi connectivity index (χ2v) is 7.37. The van der Waals surface area contributed by atoms with Gasteiger partial charge in [0.2, 0.25) is 10.0 Å². The van der Waals surface area contributed by atoms with Crippen molar-refractivity contribution in [1.82, 2.24) is 4.72 Å². The summed E-state index contributed by atoms with van der Waals surface area (Å²) in [7, 11) is -3.64. The van der Waals surface area contributed by atoms with Crippen LogP contribution in [0.5, 0.6) is 5.75 Å². The highest BCUT2D eigenvalue weighted by atomic mass is 32.2. The summed E-state index contributed by atoms with van der Waals surface area (Å²) in [4.78, 5) is 0.156. The van der Waals surface area contributed by atoms with Gasteiger partial charge in [0, 0.05) is 13.0 Å².